The topological polar surface area (TPSA) is 74.8 Å². The Kier molecular flexibility index (Phi) is 11.0. The van der Waals surface area contributed by atoms with Crippen LogP contribution in [0.25, 0.3) is 0 Å². The Morgan fingerprint density at radius 3 is 2.54 bits per heavy atom. The molecule has 0 atom stereocenters. The lowest BCUT2D eigenvalue weighted by Gasteiger charge is -2.12. The lowest BCUT2D eigenvalue weighted by molar-refractivity contribution is -0.114. The minimum absolute atomic E-state index is 0. The van der Waals surface area contributed by atoms with Crippen molar-refractivity contribution in [3.63, 3.8) is 0 Å². The summed E-state index contributed by atoms with van der Waals surface area (Å²) >= 11 is 0. The van der Waals surface area contributed by atoms with Crippen LogP contribution in [0.3, 0.4) is 0 Å². The molecule has 0 heterocycles. The number of guanidine groups is 1. The summed E-state index contributed by atoms with van der Waals surface area (Å²) < 4.78 is 5.74. The minimum Gasteiger partial charge on any atom is -0.492 e. The van der Waals surface area contributed by atoms with E-state index in [-0.39, 0.29) is 29.9 Å². The quantitative estimate of drug-likeness (QED) is 0.226. The van der Waals surface area contributed by atoms with E-state index in [9.17, 15) is 4.79 Å². The summed E-state index contributed by atoms with van der Waals surface area (Å²) in [6.45, 7) is 8.10. The second-order valence-electron chi connectivity index (χ2n) is 6.17. The number of carbonyl (C=O) groups excluding carboxylic acids is 1. The number of aryl methyl sites for hydroxylation is 1. The maximum Gasteiger partial charge on any atom is 0.221 e. The van der Waals surface area contributed by atoms with Gasteiger partial charge in [0.25, 0.3) is 0 Å². The van der Waals surface area contributed by atoms with Crippen LogP contribution in [0.5, 0.6) is 5.75 Å². The molecule has 3 N–H and O–H groups in total. The van der Waals surface area contributed by atoms with E-state index in [0.29, 0.717) is 25.4 Å². The van der Waals surface area contributed by atoms with E-state index < -0.39 is 0 Å². The highest BCUT2D eigenvalue weighted by atomic mass is 127. The summed E-state index contributed by atoms with van der Waals surface area (Å²) in [6, 6.07) is 15.7. The number of amides is 1. The van der Waals surface area contributed by atoms with Gasteiger partial charge in [-0.3, -0.25) is 4.79 Å². The normalized spacial score (nSPS) is 10.6. The predicted octanol–water partition coefficient (Wildman–Crippen LogP) is 3.71. The van der Waals surface area contributed by atoms with E-state index in [2.05, 4.69) is 52.1 Å². The van der Waals surface area contributed by atoms with Crippen molar-refractivity contribution in [2.75, 3.05) is 25.0 Å². The van der Waals surface area contributed by atoms with Gasteiger partial charge in [-0.05, 0) is 31.5 Å². The number of aliphatic imine (C=N–C) groups is 1. The molecule has 7 heteroatoms. The zero-order valence-electron chi connectivity index (χ0n) is 16.6. The number of halogens is 1. The Morgan fingerprint density at radius 1 is 1.11 bits per heavy atom. The van der Waals surface area contributed by atoms with Crippen LogP contribution in [0.1, 0.15) is 25.0 Å². The molecule has 0 fully saturated rings. The van der Waals surface area contributed by atoms with Crippen LogP contribution in [0.4, 0.5) is 5.69 Å². The molecule has 0 spiro atoms. The van der Waals surface area contributed by atoms with E-state index >= 15 is 0 Å². The summed E-state index contributed by atoms with van der Waals surface area (Å²) in [5.41, 5.74) is 3.14. The van der Waals surface area contributed by atoms with Crippen LogP contribution in [-0.2, 0) is 11.3 Å². The fourth-order valence-electron chi connectivity index (χ4n) is 2.41. The number of anilines is 1. The number of rotatable bonds is 8. The van der Waals surface area contributed by atoms with E-state index in [1.165, 1.54) is 18.1 Å². The van der Waals surface area contributed by atoms with Crippen molar-refractivity contribution in [3.05, 3.63) is 59.7 Å². The van der Waals surface area contributed by atoms with Gasteiger partial charge in [0, 0.05) is 25.2 Å². The first-order valence-corrected chi connectivity index (χ1v) is 9.15. The van der Waals surface area contributed by atoms with Gasteiger partial charge in [-0.1, -0.05) is 35.9 Å². The molecule has 0 radical (unpaired) electrons. The molecule has 2 aromatic carbocycles. The minimum atomic E-state index is -0.103. The van der Waals surface area contributed by atoms with Crippen molar-refractivity contribution in [2.24, 2.45) is 4.99 Å². The fraction of sp³-hybridized carbons (Fsp3) is 0.333. The Labute approximate surface area is 184 Å². The molecule has 2 aromatic rings. The van der Waals surface area contributed by atoms with Crippen molar-refractivity contribution in [2.45, 2.75) is 27.3 Å². The monoisotopic (exact) mass is 496 g/mol. The van der Waals surface area contributed by atoms with Crippen molar-refractivity contribution in [3.8, 4) is 5.75 Å². The van der Waals surface area contributed by atoms with Gasteiger partial charge in [0.15, 0.2) is 5.96 Å². The molecule has 0 saturated heterocycles. The highest BCUT2D eigenvalue weighted by Crippen LogP contribution is 2.17. The molecule has 0 bridgehead atoms. The average Bonchev–Trinajstić information content (AvgIpc) is 2.64. The van der Waals surface area contributed by atoms with Crippen LogP contribution in [0, 0.1) is 6.92 Å². The Morgan fingerprint density at radius 2 is 1.86 bits per heavy atom. The Hall–Kier alpha value is -2.29. The Balaban J connectivity index is 0.00000392. The fourth-order valence-corrected chi connectivity index (χ4v) is 2.41. The Bertz CT molecular complexity index is 763. The summed E-state index contributed by atoms with van der Waals surface area (Å²) in [7, 11) is 0. The summed E-state index contributed by atoms with van der Waals surface area (Å²) in [6.07, 6.45) is 0. The van der Waals surface area contributed by atoms with Crippen LogP contribution in [-0.4, -0.2) is 31.6 Å². The van der Waals surface area contributed by atoms with Crippen LogP contribution in [0.2, 0.25) is 0 Å². The summed E-state index contributed by atoms with van der Waals surface area (Å²) in [5.74, 6) is 1.37. The number of hydrogen-bond donors (Lipinski definition) is 3. The number of nitrogens with zero attached hydrogens (tertiary/aromatic N) is 1. The third-order valence-electron chi connectivity index (χ3n) is 3.70. The van der Waals surface area contributed by atoms with Gasteiger partial charge in [0.1, 0.15) is 12.4 Å². The molecule has 152 valence electrons. The first-order chi connectivity index (χ1) is 13.1. The van der Waals surface area contributed by atoms with Gasteiger partial charge in [-0.25, -0.2) is 4.99 Å². The number of carbonyl (C=O) groups is 1. The summed E-state index contributed by atoms with van der Waals surface area (Å²) in [4.78, 5) is 15.7. The molecule has 0 aliphatic rings. The second kappa shape index (κ2) is 13.0. The zero-order chi connectivity index (χ0) is 19.5. The number of ether oxygens (including phenoxy) is 1. The second-order valence-corrected chi connectivity index (χ2v) is 6.17. The molecule has 2 rings (SSSR count). The molecule has 0 unspecified atom stereocenters. The lowest BCUT2D eigenvalue weighted by atomic mass is 10.1. The molecule has 0 saturated carbocycles. The molecule has 1 amide bonds. The largest absolute Gasteiger partial charge is 0.492 e. The van der Waals surface area contributed by atoms with Crippen LogP contribution in [0.15, 0.2) is 53.5 Å². The number of hydrogen-bond acceptors (Lipinski definition) is 3. The van der Waals surface area contributed by atoms with Gasteiger partial charge in [-0.15, -0.1) is 24.0 Å². The smallest absolute Gasteiger partial charge is 0.221 e. The van der Waals surface area contributed by atoms with E-state index in [1.807, 2.05) is 25.1 Å². The van der Waals surface area contributed by atoms with E-state index in [4.69, 9.17) is 4.74 Å². The molecule has 6 nitrogen and oxygen atoms in total. The van der Waals surface area contributed by atoms with E-state index in [0.717, 1.165) is 18.2 Å². The predicted molar refractivity (Wildman–Crippen MR) is 126 cm³/mol. The molecular weight excluding hydrogens is 467 g/mol. The molecule has 0 aliphatic carbocycles. The van der Waals surface area contributed by atoms with Gasteiger partial charge in [0.05, 0.1) is 13.1 Å². The van der Waals surface area contributed by atoms with Crippen molar-refractivity contribution in [1.82, 2.24) is 10.6 Å². The standard InChI is InChI=1S/C21H28N4O2.HI/c1-4-22-21(24-15-18-10-8-16(2)9-11-18)23-12-13-27-20-7-5-6-19(14-20)25-17(3)26;/h5-11,14H,4,12-13,15H2,1-3H3,(H,25,26)(H2,22,23,24);1H. The zero-order valence-corrected chi connectivity index (χ0v) is 18.9. The first kappa shape index (κ1) is 23.7. The molecular formula is C21H29IN4O2. The molecule has 0 aromatic heterocycles. The third-order valence-corrected chi connectivity index (χ3v) is 3.70. The van der Waals surface area contributed by atoms with Crippen molar-refractivity contribution < 1.29 is 9.53 Å². The van der Waals surface area contributed by atoms with Gasteiger partial charge < -0.3 is 20.7 Å². The van der Waals surface area contributed by atoms with Crippen molar-refractivity contribution in [1.29, 1.82) is 0 Å². The SMILES string of the molecule is CCNC(=NCc1ccc(C)cc1)NCCOc1cccc(NC(C)=O)c1.I. The first-order valence-electron chi connectivity index (χ1n) is 9.15. The van der Waals surface area contributed by atoms with Crippen LogP contribution < -0.4 is 20.7 Å². The molecule has 28 heavy (non-hydrogen) atoms. The van der Waals surface area contributed by atoms with Gasteiger partial charge >= 0.3 is 0 Å². The highest BCUT2D eigenvalue weighted by Gasteiger charge is 2.00. The highest BCUT2D eigenvalue weighted by molar-refractivity contribution is 14.0. The average molecular weight is 496 g/mol. The van der Waals surface area contributed by atoms with Crippen LogP contribution >= 0.6 is 24.0 Å². The number of nitrogens with one attached hydrogen (secondary N) is 3. The molecule has 0 aliphatic heterocycles. The maximum atomic E-state index is 11.1. The van der Waals surface area contributed by atoms with E-state index in [1.54, 1.807) is 6.07 Å². The summed E-state index contributed by atoms with van der Waals surface area (Å²) in [5, 5.41) is 9.24. The van der Waals surface area contributed by atoms with Gasteiger partial charge in [0.2, 0.25) is 5.91 Å². The van der Waals surface area contributed by atoms with Gasteiger partial charge in [-0.2, -0.15) is 0 Å². The van der Waals surface area contributed by atoms with Crippen molar-refractivity contribution >= 4 is 41.5 Å². The maximum absolute atomic E-state index is 11.1. The number of benzene rings is 2. The third kappa shape index (κ3) is 9.07. The lowest BCUT2D eigenvalue weighted by Crippen LogP contribution is -2.39.